The lowest BCUT2D eigenvalue weighted by Gasteiger charge is -2.19. The summed E-state index contributed by atoms with van der Waals surface area (Å²) in [5.41, 5.74) is 7.43. The second-order valence-electron chi connectivity index (χ2n) is 4.24. The summed E-state index contributed by atoms with van der Waals surface area (Å²) in [7, 11) is 3.20. The Hall–Kier alpha value is -1.85. The molecule has 0 aliphatic carbocycles. The first-order chi connectivity index (χ1) is 9.56. The van der Waals surface area contributed by atoms with Gasteiger partial charge >= 0.3 is 0 Å². The van der Waals surface area contributed by atoms with Crippen LogP contribution in [0.2, 0.25) is 5.02 Å². The van der Waals surface area contributed by atoms with E-state index in [1.54, 1.807) is 25.2 Å². The Labute approximate surface area is 121 Å². The predicted molar refractivity (Wildman–Crippen MR) is 77.5 cm³/mol. The highest BCUT2D eigenvalue weighted by atomic mass is 35.5. The topological polar surface area (TPSA) is 60.2 Å². The van der Waals surface area contributed by atoms with E-state index < -0.39 is 5.82 Å². The maximum Gasteiger partial charge on any atom is 0.165 e. The Morgan fingerprint density at radius 3 is 2.80 bits per heavy atom. The lowest BCUT2D eigenvalue weighted by molar-refractivity contribution is 0.385. The Bertz CT molecular complexity index is 621. The number of aromatic nitrogens is 1. The molecule has 0 aliphatic heterocycles. The Morgan fingerprint density at radius 1 is 1.40 bits per heavy atom. The first-order valence-electron chi connectivity index (χ1n) is 5.98. The summed E-state index contributed by atoms with van der Waals surface area (Å²) in [5, 5.41) is 3.61. The van der Waals surface area contributed by atoms with Gasteiger partial charge in [-0.15, -0.1) is 0 Å². The van der Waals surface area contributed by atoms with Gasteiger partial charge in [-0.2, -0.15) is 0 Å². The van der Waals surface area contributed by atoms with E-state index in [2.05, 4.69) is 10.3 Å². The minimum Gasteiger partial charge on any atom is -0.494 e. The fraction of sp³-hybridized carbons (Fsp3) is 0.214. The molecule has 20 heavy (non-hydrogen) atoms. The number of ether oxygens (including phenoxy) is 1. The van der Waals surface area contributed by atoms with E-state index in [0.717, 1.165) is 11.1 Å². The Morgan fingerprint density at radius 2 is 2.15 bits per heavy atom. The van der Waals surface area contributed by atoms with Crippen molar-refractivity contribution in [3.63, 3.8) is 0 Å². The monoisotopic (exact) mass is 295 g/mol. The highest BCUT2D eigenvalue weighted by molar-refractivity contribution is 6.30. The fourth-order valence-electron chi connectivity index (χ4n) is 2.05. The van der Waals surface area contributed by atoms with Gasteiger partial charge < -0.3 is 15.8 Å². The van der Waals surface area contributed by atoms with Crippen molar-refractivity contribution in [2.45, 2.75) is 6.04 Å². The number of nitrogens with zero attached hydrogens (tertiary/aromatic N) is 1. The minimum atomic E-state index is -0.414. The van der Waals surface area contributed by atoms with Gasteiger partial charge in [0.05, 0.1) is 18.2 Å². The van der Waals surface area contributed by atoms with Crippen molar-refractivity contribution in [1.29, 1.82) is 0 Å². The molecule has 106 valence electrons. The number of nitrogens with two attached hydrogens (primary N) is 1. The van der Waals surface area contributed by atoms with Gasteiger partial charge in [-0.05, 0) is 30.8 Å². The predicted octanol–water partition coefficient (Wildman–Crippen LogP) is 2.77. The van der Waals surface area contributed by atoms with E-state index in [1.807, 2.05) is 0 Å². The molecule has 0 fully saturated rings. The summed E-state index contributed by atoms with van der Waals surface area (Å²) in [6.07, 6.45) is 1.48. The summed E-state index contributed by atoms with van der Waals surface area (Å²) < 4.78 is 18.5. The number of anilines is 1. The molecule has 0 amide bonds. The number of halogens is 2. The van der Waals surface area contributed by atoms with Crippen LogP contribution in [-0.2, 0) is 0 Å². The maximum absolute atomic E-state index is 13.5. The van der Waals surface area contributed by atoms with Crippen LogP contribution in [0, 0.1) is 5.82 Å². The van der Waals surface area contributed by atoms with Crippen LogP contribution in [0.5, 0.6) is 5.75 Å². The van der Waals surface area contributed by atoms with Gasteiger partial charge in [0.2, 0.25) is 0 Å². The fourth-order valence-corrected chi connectivity index (χ4v) is 2.22. The summed E-state index contributed by atoms with van der Waals surface area (Å²) in [6.45, 7) is 0. The molecule has 2 aromatic rings. The van der Waals surface area contributed by atoms with Crippen molar-refractivity contribution in [3.8, 4) is 5.75 Å². The normalized spacial score (nSPS) is 12.2. The zero-order chi connectivity index (χ0) is 14.7. The van der Waals surface area contributed by atoms with Crippen molar-refractivity contribution in [1.82, 2.24) is 10.3 Å². The highest BCUT2D eigenvalue weighted by Crippen LogP contribution is 2.30. The summed E-state index contributed by atoms with van der Waals surface area (Å²) in [6, 6.07) is 6.12. The highest BCUT2D eigenvalue weighted by Gasteiger charge is 2.18. The molecule has 4 nitrogen and oxygen atoms in total. The third-order valence-electron chi connectivity index (χ3n) is 3.02. The van der Waals surface area contributed by atoms with E-state index in [4.69, 9.17) is 22.1 Å². The first-order valence-corrected chi connectivity index (χ1v) is 6.36. The van der Waals surface area contributed by atoms with Crippen molar-refractivity contribution in [2.24, 2.45) is 0 Å². The van der Waals surface area contributed by atoms with E-state index >= 15 is 0 Å². The molecule has 1 atom stereocenters. The number of hydrogen-bond acceptors (Lipinski definition) is 4. The molecule has 0 radical (unpaired) electrons. The molecular formula is C14H15ClFN3O. The number of methoxy groups -OCH3 is 1. The van der Waals surface area contributed by atoms with Gasteiger partial charge in [0.25, 0.3) is 0 Å². The van der Waals surface area contributed by atoms with Gasteiger partial charge in [-0.1, -0.05) is 17.7 Å². The van der Waals surface area contributed by atoms with E-state index in [0.29, 0.717) is 10.8 Å². The zero-order valence-electron chi connectivity index (χ0n) is 11.2. The van der Waals surface area contributed by atoms with Gasteiger partial charge in [-0.3, -0.25) is 0 Å². The third-order valence-corrected chi connectivity index (χ3v) is 3.23. The first kappa shape index (κ1) is 14.6. The average Bonchev–Trinajstić information content (AvgIpc) is 2.45. The van der Waals surface area contributed by atoms with Gasteiger partial charge in [-0.25, -0.2) is 9.37 Å². The smallest absolute Gasteiger partial charge is 0.165 e. The van der Waals surface area contributed by atoms with Crippen molar-refractivity contribution in [3.05, 3.63) is 52.4 Å². The van der Waals surface area contributed by atoms with Crippen LogP contribution in [0.15, 0.2) is 30.5 Å². The molecule has 0 saturated carbocycles. The minimum absolute atomic E-state index is 0.177. The summed E-state index contributed by atoms with van der Waals surface area (Å²) in [5.74, 6) is 0.136. The maximum atomic E-state index is 13.5. The molecule has 1 unspecified atom stereocenters. The molecule has 0 bridgehead atoms. The van der Waals surface area contributed by atoms with Crippen LogP contribution >= 0.6 is 11.6 Å². The van der Waals surface area contributed by atoms with Gasteiger partial charge in [0.1, 0.15) is 5.82 Å². The van der Waals surface area contributed by atoms with Crippen molar-refractivity contribution in [2.75, 3.05) is 19.9 Å². The van der Waals surface area contributed by atoms with Crippen LogP contribution in [0.4, 0.5) is 10.2 Å². The van der Waals surface area contributed by atoms with E-state index in [-0.39, 0.29) is 11.8 Å². The molecule has 2 rings (SSSR count). The van der Waals surface area contributed by atoms with E-state index in [1.165, 1.54) is 19.4 Å². The lowest BCUT2D eigenvalue weighted by atomic mass is 9.99. The number of hydrogen-bond donors (Lipinski definition) is 2. The number of pyridine rings is 1. The van der Waals surface area contributed by atoms with Gasteiger partial charge in [0, 0.05) is 11.8 Å². The quantitative estimate of drug-likeness (QED) is 0.910. The molecule has 6 heteroatoms. The standard InChI is InChI=1S/C14H15ClFN3O/c1-18-13(10-6-9(15)7-19-14(10)17)8-3-4-11(16)12(5-8)20-2/h3-7,13,18H,1-2H3,(H2,17,19). The molecule has 1 aromatic heterocycles. The second-order valence-corrected chi connectivity index (χ2v) is 4.68. The summed E-state index contributed by atoms with van der Waals surface area (Å²) in [4.78, 5) is 4.03. The average molecular weight is 296 g/mol. The van der Waals surface area contributed by atoms with Crippen LogP contribution in [0.1, 0.15) is 17.2 Å². The largest absolute Gasteiger partial charge is 0.494 e. The Kier molecular flexibility index (Phi) is 4.42. The van der Waals surface area contributed by atoms with Gasteiger partial charge in [0.15, 0.2) is 11.6 Å². The third kappa shape index (κ3) is 2.84. The SMILES string of the molecule is CNC(c1ccc(F)c(OC)c1)c1cc(Cl)cnc1N. The van der Waals surface area contributed by atoms with Crippen LogP contribution in [0.3, 0.4) is 0 Å². The zero-order valence-corrected chi connectivity index (χ0v) is 11.9. The molecule has 0 saturated heterocycles. The number of benzene rings is 1. The van der Waals surface area contributed by atoms with Crippen LogP contribution < -0.4 is 15.8 Å². The van der Waals surface area contributed by atoms with Crippen molar-refractivity contribution < 1.29 is 9.13 Å². The molecule has 1 aromatic carbocycles. The van der Waals surface area contributed by atoms with Crippen molar-refractivity contribution >= 4 is 17.4 Å². The number of rotatable bonds is 4. The Balaban J connectivity index is 2.49. The second kappa shape index (κ2) is 6.07. The molecule has 0 spiro atoms. The number of nitrogen functional groups attached to an aromatic ring is 1. The van der Waals surface area contributed by atoms with E-state index in [9.17, 15) is 4.39 Å². The molecular weight excluding hydrogens is 281 g/mol. The molecule has 1 heterocycles. The molecule has 3 N–H and O–H groups in total. The van der Waals surface area contributed by atoms with Crippen LogP contribution in [0.25, 0.3) is 0 Å². The lowest BCUT2D eigenvalue weighted by Crippen LogP contribution is -2.19. The number of nitrogens with one attached hydrogen (secondary N) is 1. The molecule has 0 aliphatic rings. The van der Waals surface area contributed by atoms with Crippen LogP contribution in [-0.4, -0.2) is 19.1 Å². The summed E-state index contributed by atoms with van der Waals surface area (Å²) >= 11 is 5.96.